The molecule has 2 aliphatic carbocycles. The van der Waals surface area contributed by atoms with Crippen LogP contribution in [0.2, 0.25) is 0 Å². The quantitative estimate of drug-likeness (QED) is 0.555. The van der Waals surface area contributed by atoms with E-state index < -0.39 is 0 Å². The second kappa shape index (κ2) is 9.44. The normalized spacial score (nSPS) is 33.6. The molecule has 24 heavy (non-hydrogen) atoms. The van der Waals surface area contributed by atoms with Crippen LogP contribution < -0.4 is 0 Å². The van der Waals surface area contributed by atoms with E-state index in [1.165, 1.54) is 25.7 Å². The zero-order valence-corrected chi connectivity index (χ0v) is 15.7. The summed E-state index contributed by atoms with van der Waals surface area (Å²) in [7, 11) is 0. The second-order valence-corrected chi connectivity index (χ2v) is 8.14. The van der Waals surface area contributed by atoms with Crippen molar-refractivity contribution in [3.8, 4) is 6.07 Å². The molecule has 3 heteroatoms. The molecule has 136 valence electrons. The van der Waals surface area contributed by atoms with Crippen molar-refractivity contribution in [3.05, 3.63) is 0 Å². The van der Waals surface area contributed by atoms with E-state index >= 15 is 0 Å². The van der Waals surface area contributed by atoms with Gasteiger partial charge in [-0.15, -0.1) is 0 Å². The van der Waals surface area contributed by atoms with Crippen LogP contribution in [0.25, 0.3) is 0 Å². The summed E-state index contributed by atoms with van der Waals surface area (Å²) in [6.07, 6.45) is 13.8. The minimum atomic E-state index is -0.156. The van der Waals surface area contributed by atoms with E-state index in [1.807, 2.05) is 0 Å². The summed E-state index contributed by atoms with van der Waals surface area (Å²) < 4.78 is 5.82. The first kappa shape index (κ1) is 19.3. The van der Waals surface area contributed by atoms with Gasteiger partial charge in [0.1, 0.15) is 6.10 Å². The van der Waals surface area contributed by atoms with Crippen LogP contribution in [-0.4, -0.2) is 12.1 Å². The zero-order valence-electron chi connectivity index (χ0n) is 15.7. The molecule has 0 bridgehead atoms. The van der Waals surface area contributed by atoms with Crippen molar-refractivity contribution in [1.29, 1.82) is 5.26 Å². The maximum absolute atomic E-state index is 12.4. The minimum Gasteiger partial charge on any atom is -0.462 e. The summed E-state index contributed by atoms with van der Waals surface area (Å²) in [6.45, 7) is 4.42. The molecule has 0 aromatic carbocycles. The highest BCUT2D eigenvalue weighted by Gasteiger charge is 2.37. The number of esters is 1. The van der Waals surface area contributed by atoms with Crippen molar-refractivity contribution >= 4 is 5.97 Å². The number of carbonyl (C=O) groups excluding carboxylic acids is 1. The Labute approximate surface area is 148 Å². The van der Waals surface area contributed by atoms with Gasteiger partial charge in [-0.2, -0.15) is 5.26 Å². The topological polar surface area (TPSA) is 50.1 Å². The van der Waals surface area contributed by atoms with Gasteiger partial charge in [0.25, 0.3) is 0 Å². The number of hydrogen-bond acceptors (Lipinski definition) is 3. The molecule has 2 rings (SSSR count). The third kappa shape index (κ3) is 5.23. The molecule has 2 fully saturated rings. The Bertz CT molecular complexity index is 424. The van der Waals surface area contributed by atoms with Crippen LogP contribution in [-0.2, 0) is 9.53 Å². The summed E-state index contributed by atoms with van der Waals surface area (Å²) in [6, 6.07) is 2.57. The molecule has 0 N–H and O–H groups in total. The number of carbonyl (C=O) groups is 1. The predicted molar refractivity (Wildman–Crippen MR) is 96.3 cm³/mol. The van der Waals surface area contributed by atoms with E-state index in [1.54, 1.807) is 0 Å². The Balaban J connectivity index is 1.73. The van der Waals surface area contributed by atoms with E-state index in [0.29, 0.717) is 0 Å². The van der Waals surface area contributed by atoms with Crippen LogP contribution in [0.4, 0.5) is 0 Å². The van der Waals surface area contributed by atoms with Crippen LogP contribution in [0.5, 0.6) is 0 Å². The SMILES string of the molecule is CCCCC1(C#N)CCC(OC(=O)C2CCC(CCC)CC2)CC1. The fourth-order valence-electron chi connectivity index (χ4n) is 4.55. The lowest BCUT2D eigenvalue weighted by Crippen LogP contribution is -2.33. The highest BCUT2D eigenvalue weighted by atomic mass is 16.5. The van der Waals surface area contributed by atoms with E-state index in [-0.39, 0.29) is 23.4 Å². The number of ether oxygens (including phenoxy) is 1. The minimum absolute atomic E-state index is 0.0352. The largest absolute Gasteiger partial charge is 0.462 e. The van der Waals surface area contributed by atoms with Gasteiger partial charge in [-0.25, -0.2) is 0 Å². The van der Waals surface area contributed by atoms with Gasteiger partial charge in [-0.1, -0.05) is 39.5 Å². The Morgan fingerprint density at radius 2 is 1.75 bits per heavy atom. The van der Waals surface area contributed by atoms with E-state index in [4.69, 9.17) is 4.74 Å². The number of hydrogen-bond donors (Lipinski definition) is 0. The van der Waals surface area contributed by atoms with Crippen molar-refractivity contribution in [2.24, 2.45) is 17.3 Å². The van der Waals surface area contributed by atoms with Crippen molar-refractivity contribution in [2.75, 3.05) is 0 Å². The van der Waals surface area contributed by atoms with Gasteiger partial charge in [-0.3, -0.25) is 4.79 Å². The number of unbranched alkanes of at least 4 members (excludes halogenated alkanes) is 1. The van der Waals surface area contributed by atoms with Crippen molar-refractivity contribution < 1.29 is 9.53 Å². The predicted octanol–water partition coefficient (Wildman–Crippen LogP) is 5.78. The first-order valence-corrected chi connectivity index (χ1v) is 10.2. The number of rotatable bonds is 7. The molecule has 3 nitrogen and oxygen atoms in total. The molecule has 0 saturated heterocycles. The van der Waals surface area contributed by atoms with Gasteiger partial charge < -0.3 is 4.74 Å². The third-order valence-corrected chi connectivity index (χ3v) is 6.30. The molecule has 0 atom stereocenters. The van der Waals surface area contributed by atoms with E-state index in [2.05, 4.69) is 19.9 Å². The summed E-state index contributed by atoms with van der Waals surface area (Å²) in [4.78, 5) is 12.4. The fraction of sp³-hybridized carbons (Fsp3) is 0.905. The van der Waals surface area contributed by atoms with Crippen molar-refractivity contribution in [1.82, 2.24) is 0 Å². The molecule has 0 spiro atoms. The summed E-state index contributed by atoms with van der Waals surface area (Å²) in [5, 5.41) is 9.55. The molecule has 0 amide bonds. The second-order valence-electron chi connectivity index (χ2n) is 8.14. The van der Waals surface area contributed by atoms with Crippen LogP contribution in [0.3, 0.4) is 0 Å². The van der Waals surface area contributed by atoms with Crippen molar-refractivity contribution in [2.45, 2.75) is 103 Å². The lowest BCUT2D eigenvalue weighted by Gasteiger charge is -2.35. The molecular formula is C21H35NO2. The van der Waals surface area contributed by atoms with Gasteiger partial charge in [0.2, 0.25) is 0 Å². The molecule has 0 radical (unpaired) electrons. The molecule has 2 aliphatic rings. The Hall–Kier alpha value is -1.04. The Kier molecular flexibility index (Phi) is 7.59. The van der Waals surface area contributed by atoms with Crippen LogP contribution in [0, 0.1) is 28.6 Å². The highest BCUT2D eigenvalue weighted by Crippen LogP contribution is 2.41. The standard InChI is InChI=1S/C21H35NO2/c1-3-5-13-21(16-22)14-11-19(12-15-21)24-20(23)18-9-7-17(6-4-2)8-10-18/h17-19H,3-15H2,1-2H3. The van der Waals surface area contributed by atoms with Gasteiger partial charge in [-0.05, 0) is 63.7 Å². The van der Waals surface area contributed by atoms with Gasteiger partial charge in [0, 0.05) is 0 Å². The monoisotopic (exact) mass is 333 g/mol. The number of nitriles is 1. The lowest BCUT2D eigenvalue weighted by molar-refractivity contribution is -0.158. The van der Waals surface area contributed by atoms with Gasteiger partial charge in [0.05, 0.1) is 17.4 Å². The molecule has 0 heterocycles. The smallest absolute Gasteiger partial charge is 0.309 e. The maximum Gasteiger partial charge on any atom is 0.309 e. The Morgan fingerprint density at radius 1 is 1.08 bits per heavy atom. The van der Waals surface area contributed by atoms with E-state index in [9.17, 15) is 10.1 Å². The molecular weight excluding hydrogens is 298 g/mol. The molecule has 0 aromatic heterocycles. The van der Waals surface area contributed by atoms with Crippen LogP contribution in [0.1, 0.15) is 97.3 Å². The Morgan fingerprint density at radius 3 is 2.29 bits per heavy atom. The van der Waals surface area contributed by atoms with Crippen LogP contribution in [0.15, 0.2) is 0 Å². The third-order valence-electron chi connectivity index (χ3n) is 6.30. The molecule has 0 aliphatic heterocycles. The summed E-state index contributed by atoms with van der Waals surface area (Å²) in [5.74, 6) is 0.984. The number of nitrogens with zero attached hydrogens (tertiary/aromatic N) is 1. The molecule has 0 unspecified atom stereocenters. The summed E-state index contributed by atoms with van der Waals surface area (Å²) in [5.41, 5.74) is -0.156. The van der Waals surface area contributed by atoms with Crippen molar-refractivity contribution in [3.63, 3.8) is 0 Å². The van der Waals surface area contributed by atoms with Gasteiger partial charge >= 0.3 is 5.97 Å². The zero-order chi connectivity index (χ0) is 17.4. The average molecular weight is 334 g/mol. The maximum atomic E-state index is 12.4. The molecule has 2 saturated carbocycles. The van der Waals surface area contributed by atoms with Crippen LogP contribution >= 0.6 is 0 Å². The van der Waals surface area contributed by atoms with E-state index in [0.717, 1.165) is 63.7 Å². The first-order chi connectivity index (χ1) is 11.6. The summed E-state index contributed by atoms with van der Waals surface area (Å²) >= 11 is 0. The molecule has 0 aromatic rings. The van der Waals surface area contributed by atoms with Gasteiger partial charge in [0.15, 0.2) is 0 Å². The lowest BCUT2D eigenvalue weighted by atomic mass is 9.71. The highest BCUT2D eigenvalue weighted by molar-refractivity contribution is 5.72. The average Bonchev–Trinajstić information content (AvgIpc) is 2.62. The fourth-order valence-corrected chi connectivity index (χ4v) is 4.55. The first-order valence-electron chi connectivity index (χ1n) is 10.2.